The Labute approximate surface area is 125 Å². The number of amides is 1. The Morgan fingerprint density at radius 3 is 2.48 bits per heavy atom. The van der Waals surface area contributed by atoms with E-state index in [-0.39, 0.29) is 17.0 Å². The minimum absolute atomic E-state index is 0.0758. The van der Waals surface area contributed by atoms with Gasteiger partial charge in [-0.3, -0.25) is 4.79 Å². The minimum Gasteiger partial charge on any atom is -0.342 e. The molecule has 0 saturated carbocycles. The largest absolute Gasteiger partial charge is 0.342 e. The summed E-state index contributed by atoms with van der Waals surface area (Å²) in [5.74, 6) is -1.26. The molecule has 0 spiro atoms. The van der Waals surface area contributed by atoms with Crippen molar-refractivity contribution >= 4 is 15.9 Å². The van der Waals surface area contributed by atoms with Gasteiger partial charge in [-0.2, -0.15) is 0 Å². The molecule has 0 radical (unpaired) electrons. The molecule has 0 aliphatic carbocycles. The fraction of sp³-hybridized carbons (Fsp3) is 0.500. The second-order valence-corrected chi connectivity index (χ2v) is 6.61. The Morgan fingerprint density at radius 1 is 1.33 bits per heavy atom. The summed E-state index contributed by atoms with van der Waals surface area (Å²) >= 11 is 0. The lowest BCUT2D eigenvalue weighted by Crippen LogP contribution is -2.28. The molecule has 1 rings (SSSR count). The molecule has 0 saturated heterocycles. The number of hydrogen-bond donors (Lipinski definition) is 1. The van der Waals surface area contributed by atoms with Gasteiger partial charge in [-0.1, -0.05) is 19.8 Å². The second kappa shape index (κ2) is 7.00. The van der Waals surface area contributed by atoms with Gasteiger partial charge in [0.1, 0.15) is 10.7 Å². The highest BCUT2D eigenvalue weighted by atomic mass is 32.2. The highest BCUT2D eigenvalue weighted by Gasteiger charge is 2.21. The SMILES string of the molecule is CCCCCN(C)C(=O)c1cc(C)c(F)c(S(N)(=O)=O)c1. The van der Waals surface area contributed by atoms with Gasteiger partial charge in [-0.05, 0) is 31.0 Å². The number of carbonyl (C=O) groups excluding carboxylic acids is 1. The molecule has 0 unspecified atom stereocenters. The fourth-order valence-electron chi connectivity index (χ4n) is 1.99. The van der Waals surface area contributed by atoms with Crippen LogP contribution in [0.2, 0.25) is 0 Å². The molecule has 0 fully saturated rings. The molecule has 1 amide bonds. The molecule has 0 heterocycles. The summed E-state index contributed by atoms with van der Waals surface area (Å²) < 4.78 is 36.6. The van der Waals surface area contributed by atoms with Crippen molar-refractivity contribution in [3.63, 3.8) is 0 Å². The lowest BCUT2D eigenvalue weighted by molar-refractivity contribution is 0.0792. The topological polar surface area (TPSA) is 80.5 Å². The zero-order valence-corrected chi connectivity index (χ0v) is 13.3. The number of unbranched alkanes of at least 4 members (excludes halogenated alkanes) is 2. The summed E-state index contributed by atoms with van der Waals surface area (Å²) in [6.45, 7) is 4.02. The van der Waals surface area contributed by atoms with E-state index in [9.17, 15) is 17.6 Å². The third-order valence-electron chi connectivity index (χ3n) is 3.22. The van der Waals surface area contributed by atoms with Gasteiger partial charge in [0.05, 0.1) is 0 Å². The van der Waals surface area contributed by atoms with Gasteiger partial charge in [-0.25, -0.2) is 17.9 Å². The Kier molecular flexibility index (Phi) is 5.86. The van der Waals surface area contributed by atoms with E-state index in [1.165, 1.54) is 17.9 Å². The number of nitrogens with zero attached hydrogens (tertiary/aromatic N) is 1. The molecule has 0 aliphatic heterocycles. The third kappa shape index (κ3) is 4.50. The first-order valence-corrected chi connectivity index (χ1v) is 8.31. The average Bonchev–Trinajstić information content (AvgIpc) is 2.39. The van der Waals surface area contributed by atoms with Crippen molar-refractivity contribution in [1.29, 1.82) is 0 Å². The molecule has 1 aromatic carbocycles. The number of nitrogens with two attached hydrogens (primary N) is 1. The molecule has 5 nitrogen and oxygen atoms in total. The van der Waals surface area contributed by atoms with Gasteiger partial charge in [0, 0.05) is 19.2 Å². The number of rotatable bonds is 6. The molecule has 0 bridgehead atoms. The Balaban J connectivity index is 3.09. The van der Waals surface area contributed by atoms with Crippen molar-refractivity contribution < 1.29 is 17.6 Å². The molecule has 2 N–H and O–H groups in total. The molecule has 0 aromatic heterocycles. The van der Waals surface area contributed by atoms with Crippen LogP contribution in [0.15, 0.2) is 17.0 Å². The summed E-state index contributed by atoms with van der Waals surface area (Å²) in [7, 11) is -2.57. The van der Waals surface area contributed by atoms with Gasteiger partial charge in [0.15, 0.2) is 0 Å². The van der Waals surface area contributed by atoms with Crippen molar-refractivity contribution in [3.05, 3.63) is 29.1 Å². The summed E-state index contributed by atoms with van der Waals surface area (Å²) in [4.78, 5) is 13.1. The predicted octanol–water partition coefficient (Wildman–Crippen LogP) is 2.04. The Bertz CT molecular complexity index is 629. The summed E-state index contributed by atoms with van der Waals surface area (Å²) in [6.07, 6.45) is 2.90. The molecule has 118 valence electrons. The van der Waals surface area contributed by atoms with Crippen LogP contribution in [0.25, 0.3) is 0 Å². The second-order valence-electron chi connectivity index (χ2n) is 5.08. The van der Waals surface area contributed by atoms with Crippen LogP contribution in [0.1, 0.15) is 42.1 Å². The van der Waals surface area contributed by atoms with Gasteiger partial charge < -0.3 is 4.90 Å². The number of halogens is 1. The van der Waals surface area contributed by atoms with Gasteiger partial charge in [0.25, 0.3) is 5.91 Å². The first kappa shape index (κ1) is 17.6. The maximum absolute atomic E-state index is 13.8. The van der Waals surface area contributed by atoms with E-state index < -0.39 is 20.7 Å². The number of primary sulfonamides is 1. The first-order chi connectivity index (χ1) is 9.68. The van der Waals surface area contributed by atoms with Crippen molar-refractivity contribution in [2.24, 2.45) is 5.14 Å². The zero-order valence-electron chi connectivity index (χ0n) is 12.5. The Morgan fingerprint density at radius 2 is 1.95 bits per heavy atom. The first-order valence-electron chi connectivity index (χ1n) is 6.77. The van der Waals surface area contributed by atoms with Crippen LogP contribution in [-0.2, 0) is 10.0 Å². The number of carbonyl (C=O) groups is 1. The van der Waals surface area contributed by atoms with E-state index in [2.05, 4.69) is 6.92 Å². The summed E-state index contributed by atoms with van der Waals surface area (Å²) in [5, 5.41) is 4.98. The van der Waals surface area contributed by atoms with Crippen LogP contribution in [0.5, 0.6) is 0 Å². The van der Waals surface area contributed by atoms with Crippen LogP contribution < -0.4 is 5.14 Å². The lowest BCUT2D eigenvalue weighted by Gasteiger charge is -2.18. The average molecular weight is 316 g/mol. The van der Waals surface area contributed by atoms with Crippen LogP contribution in [0.4, 0.5) is 4.39 Å². The van der Waals surface area contributed by atoms with Crippen molar-refractivity contribution in [2.75, 3.05) is 13.6 Å². The van der Waals surface area contributed by atoms with Crippen molar-refractivity contribution in [1.82, 2.24) is 4.90 Å². The number of hydrogen-bond acceptors (Lipinski definition) is 3. The maximum Gasteiger partial charge on any atom is 0.253 e. The maximum atomic E-state index is 13.8. The zero-order chi connectivity index (χ0) is 16.2. The number of aryl methyl sites for hydroxylation is 1. The highest BCUT2D eigenvalue weighted by molar-refractivity contribution is 7.89. The standard InChI is InChI=1S/C14H21FN2O3S/c1-4-5-6-7-17(3)14(18)11-8-10(2)13(15)12(9-11)21(16,19)20/h8-9H,4-7H2,1-3H3,(H2,16,19,20). The van der Waals surface area contributed by atoms with E-state index in [4.69, 9.17) is 5.14 Å². The minimum atomic E-state index is -4.20. The van der Waals surface area contributed by atoms with Crippen LogP contribution in [-0.4, -0.2) is 32.8 Å². The predicted molar refractivity (Wildman–Crippen MR) is 79.0 cm³/mol. The molecular weight excluding hydrogens is 295 g/mol. The van der Waals surface area contributed by atoms with Crippen molar-refractivity contribution in [3.8, 4) is 0 Å². The molecular formula is C14H21FN2O3S. The van der Waals surface area contributed by atoms with E-state index in [0.717, 1.165) is 25.3 Å². The van der Waals surface area contributed by atoms with Crippen LogP contribution in [0.3, 0.4) is 0 Å². The molecule has 21 heavy (non-hydrogen) atoms. The fourth-order valence-corrected chi connectivity index (χ4v) is 2.69. The van der Waals surface area contributed by atoms with Crippen LogP contribution in [0, 0.1) is 12.7 Å². The molecule has 7 heteroatoms. The third-order valence-corrected chi connectivity index (χ3v) is 4.13. The molecule has 1 aromatic rings. The van der Waals surface area contributed by atoms with E-state index in [1.807, 2.05) is 0 Å². The van der Waals surface area contributed by atoms with Gasteiger partial charge in [0.2, 0.25) is 10.0 Å². The van der Waals surface area contributed by atoms with E-state index in [1.54, 1.807) is 7.05 Å². The van der Waals surface area contributed by atoms with Crippen molar-refractivity contribution in [2.45, 2.75) is 38.0 Å². The summed E-state index contributed by atoms with van der Waals surface area (Å²) in [5.41, 5.74) is 0.198. The molecule has 0 atom stereocenters. The van der Waals surface area contributed by atoms with Gasteiger partial charge in [-0.15, -0.1) is 0 Å². The number of sulfonamides is 1. The monoisotopic (exact) mass is 316 g/mol. The van der Waals surface area contributed by atoms with Gasteiger partial charge >= 0.3 is 0 Å². The number of benzene rings is 1. The normalized spacial score (nSPS) is 11.5. The summed E-state index contributed by atoms with van der Waals surface area (Å²) in [6, 6.07) is 2.33. The van der Waals surface area contributed by atoms with E-state index >= 15 is 0 Å². The Hall–Kier alpha value is -1.47. The van der Waals surface area contributed by atoms with Crippen LogP contribution >= 0.6 is 0 Å². The van der Waals surface area contributed by atoms with E-state index in [0.29, 0.717) is 6.54 Å². The highest BCUT2D eigenvalue weighted by Crippen LogP contribution is 2.20. The molecule has 0 aliphatic rings. The lowest BCUT2D eigenvalue weighted by atomic mass is 10.1. The quantitative estimate of drug-likeness (QED) is 0.816. The smallest absolute Gasteiger partial charge is 0.253 e.